The number of nitrogen functional groups attached to an aromatic ring is 1. The molecule has 0 bridgehead atoms. The number of anilines is 1. The maximum Gasteiger partial charge on any atom is 0.141 e. The molecule has 27 heavy (non-hydrogen) atoms. The zero-order valence-electron chi connectivity index (χ0n) is 14.6. The van der Waals surface area contributed by atoms with Crippen LogP contribution in [0.4, 0.5) is 5.69 Å². The van der Waals surface area contributed by atoms with Crippen LogP contribution in [0.15, 0.2) is 89.7 Å². The van der Waals surface area contributed by atoms with Gasteiger partial charge in [0.2, 0.25) is 0 Å². The maximum absolute atomic E-state index is 6.08. The number of rotatable bonds is 3. The van der Waals surface area contributed by atoms with Crippen molar-refractivity contribution in [2.45, 2.75) is 12.0 Å². The lowest BCUT2D eigenvalue weighted by atomic mass is 9.78. The number of aromatic nitrogens is 2. The molecule has 0 aliphatic carbocycles. The Bertz CT molecular complexity index is 1130. The van der Waals surface area contributed by atoms with Gasteiger partial charge in [-0.15, -0.1) is 0 Å². The third kappa shape index (κ3) is 2.44. The van der Waals surface area contributed by atoms with E-state index in [-0.39, 0.29) is 5.54 Å². The van der Waals surface area contributed by atoms with Gasteiger partial charge in [-0.05, 0) is 41.0 Å². The monoisotopic (exact) mass is 415 g/mol. The van der Waals surface area contributed by atoms with Crippen molar-refractivity contribution in [3.8, 4) is 11.4 Å². The van der Waals surface area contributed by atoms with E-state index in [0.717, 1.165) is 22.4 Å². The number of imidazole rings is 1. The number of hydrogen-bond donors (Lipinski definition) is 1. The fourth-order valence-corrected chi connectivity index (χ4v) is 4.54. The second-order valence-electron chi connectivity index (χ2n) is 6.96. The molecule has 5 rings (SSSR count). The first-order chi connectivity index (χ1) is 13.2. The summed E-state index contributed by atoms with van der Waals surface area (Å²) in [7, 11) is 0. The van der Waals surface area contributed by atoms with Gasteiger partial charge in [0.25, 0.3) is 0 Å². The van der Waals surface area contributed by atoms with Crippen LogP contribution >= 0.6 is 15.9 Å². The summed E-state index contributed by atoms with van der Waals surface area (Å²) in [5, 5.41) is 0. The number of fused-ring (bicyclic) bond motifs is 3. The summed E-state index contributed by atoms with van der Waals surface area (Å²) in [6.45, 7) is 0. The Morgan fingerprint density at radius 2 is 1.78 bits per heavy atom. The Morgan fingerprint density at radius 3 is 2.59 bits per heavy atom. The van der Waals surface area contributed by atoms with Gasteiger partial charge in [0.05, 0.1) is 0 Å². The maximum atomic E-state index is 6.08. The van der Waals surface area contributed by atoms with Crippen molar-refractivity contribution in [2.24, 2.45) is 0 Å². The standard InChI is InChI=1S/C23H18BrN3/c24-18-10-8-17(9-11-18)23(15-16-4-3-5-19(25)14-16)21-7-2-1-6-20(21)22-26-12-13-27(22)23/h1-14H,15,25H2. The summed E-state index contributed by atoms with van der Waals surface area (Å²) in [6.07, 6.45) is 4.78. The molecule has 0 saturated heterocycles. The number of nitrogens with two attached hydrogens (primary N) is 1. The van der Waals surface area contributed by atoms with Crippen LogP contribution in [0.5, 0.6) is 0 Å². The molecule has 0 fully saturated rings. The average molecular weight is 416 g/mol. The highest BCUT2D eigenvalue weighted by molar-refractivity contribution is 9.10. The van der Waals surface area contributed by atoms with E-state index in [0.29, 0.717) is 0 Å². The summed E-state index contributed by atoms with van der Waals surface area (Å²) in [4.78, 5) is 4.66. The normalized spacial score (nSPS) is 17.5. The number of halogens is 1. The van der Waals surface area contributed by atoms with E-state index in [1.807, 2.05) is 18.3 Å². The summed E-state index contributed by atoms with van der Waals surface area (Å²) >= 11 is 3.57. The summed E-state index contributed by atoms with van der Waals surface area (Å²) in [5.41, 5.74) is 11.4. The first kappa shape index (κ1) is 16.3. The summed E-state index contributed by atoms with van der Waals surface area (Å²) in [5.74, 6) is 1.01. The van der Waals surface area contributed by atoms with Crippen molar-refractivity contribution < 1.29 is 0 Å². The Kier molecular flexibility index (Phi) is 3.69. The molecule has 3 aromatic carbocycles. The van der Waals surface area contributed by atoms with Crippen LogP contribution in [-0.2, 0) is 12.0 Å². The van der Waals surface area contributed by atoms with E-state index in [1.165, 1.54) is 22.3 Å². The van der Waals surface area contributed by atoms with Crippen molar-refractivity contribution in [2.75, 3.05) is 5.73 Å². The van der Waals surface area contributed by atoms with Gasteiger partial charge in [-0.2, -0.15) is 0 Å². The van der Waals surface area contributed by atoms with Crippen molar-refractivity contribution in [1.82, 2.24) is 9.55 Å². The molecule has 1 aliphatic rings. The zero-order valence-corrected chi connectivity index (χ0v) is 16.2. The van der Waals surface area contributed by atoms with Crippen LogP contribution in [0.25, 0.3) is 11.4 Å². The lowest BCUT2D eigenvalue weighted by Crippen LogP contribution is -2.35. The van der Waals surface area contributed by atoms with E-state index >= 15 is 0 Å². The van der Waals surface area contributed by atoms with Crippen molar-refractivity contribution in [1.29, 1.82) is 0 Å². The number of benzene rings is 3. The van der Waals surface area contributed by atoms with E-state index in [4.69, 9.17) is 5.73 Å². The Hall–Kier alpha value is -2.85. The van der Waals surface area contributed by atoms with E-state index < -0.39 is 0 Å². The topological polar surface area (TPSA) is 43.8 Å². The first-order valence-corrected chi connectivity index (χ1v) is 9.72. The van der Waals surface area contributed by atoms with Crippen LogP contribution in [-0.4, -0.2) is 9.55 Å². The molecule has 0 spiro atoms. The summed E-state index contributed by atoms with van der Waals surface area (Å²) < 4.78 is 3.38. The SMILES string of the molecule is Nc1cccc(CC2(c3ccc(Br)cc3)c3ccccc3-c3nccn32)c1. The quantitative estimate of drug-likeness (QED) is 0.464. The number of nitrogens with zero attached hydrogens (tertiary/aromatic N) is 2. The van der Waals surface area contributed by atoms with Gasteiger partial charge < -0.3 is 10.3 Å². The van der Waals surface area contributed by atoms with Crippen molar-refractivity contribution in [3.63, 3.8) is 0 Å². The molecular formula is C23H18BrN3. The van der Waals surface area contributed by atoms with Crippen LogP contribution < -0.4 is 5.73 Å². The summed E-state index contributed by atoms with van der Waals surface area (Å²) in [6, 6.07) is 25.3. The van der Waals surface area contributed by atoms with Crippen LogP contribution in [0.2, 0.25) is 0 Å². The molecule has 1 atom stereocenters. The van der Waals surface area contributed by atoms with Crippen molar-refractivity contribution in [3.05, 3.63) is 106 Å². The Balaban J connectivity index is 1.81. The molecule has 0 saturated carbocycles. The lowest BCUT2D eigenvalue weighted by Gasteiger charge is -2.34. The van der Waals surface area contributed by atoms with Gasteiger partial charge in [0.1, 0.15) is 11.4 Å². The van der Waals surface area contributed by atoms with Crippen LogP contribution in [0.3, 0.4) is 0 Å². The van der Waals surface area contributed by atoms with Crippen molar-refractivity contribution >= 4 is 21.6 Å². The lowest BCUT2D eigenvalue weighted by molar-refractivity contribution is 0.450. The molecule has 4 aromatic rings. The molecule has 2 N–H and O–H groups in total. The second kappa shape index (κ2) is 6.10. The zero-order chi connectivity index (χ0) is 18.4. The van der Waals surface area contributed by atoms with Gasteiger partial charge in [-0.1, -0.05) is 64.5 Å². The van der Waals surface area contributed by atoms with E-state index in [1.54, 1.807) is 0 Å². The van der Waals surface area contributed by atoms with Crippen LogP contribution in [0, 0.1) is 0 Å². The molecule has 4 heteroatoms. The Morgan fingerprint density at radius 1 is 0.963 bits per heavy atom. The largest absolute Gasteiger partial charge is 0.399 e. The molecule has 1 aliphatic heterocycles. The molecule has 2 heterocycles. The van der Waals surface area contributed by atoms with Gasteiger partial charge >= 0.3 is 0 Å². The van der Waals surface area contributed by atoms with Gasteiger partial charge in [-0.3, -0.25) is 0 Å². The third-order valence-corrected chi connectivity index (χ3v) is 5.93. The minimum Gasteiger partial charge on any atom is -0.399 e. The average Bonchev–Trinajstić information content (AvgIpc) is 3.25. The minimum absolute atomic E-state index is 0.350. The van der Waals surface area contributed by atoms with Gasteiger partial charge in [0.15, 0.2) is 0 Å². The van der Waals surface area contributed by atoms with E-state index in [2.05, 4.69) is 92.3 Å². The predicted molar refractivity (Wildman–Crippen MR) is 113 cm³/mol. The third-order valence-electron chi connectivity index (χ3n) is 5.40. The highest BCUT2D eigenvalue weighted by Crippen LogP contribution is 2.48. The fraction of sp³-hybridized carbons (Fsp3) is 0.0870. The molecule has 1 unspecified atom stereocenters. The highest BCUT2D eigenvalue weighted by atomic mass is 79.9. The second-order valence-corrected chi connectivity index (χ2v) is 7.87. The predicted octanol–water partition coefficient (Wildman–Crippen LogP) is 5.24. The first-order valence-electron chi connectivity index (χ1n) is 8.93. The smallest absolute Gasteiger partial charge is 0.141 e. The molecule has 132 valence electrons. The minimum atomic E-state index is -0.350. The molecule has 1 aromatic heterocycles. The highest BCUT2D eigenvalue weighted by Gasteiger charge is 2.44. The fourth-order valence-electron chi connectivity index (χ4n) is 4.28. The molecule has 0 radical (unpaired) electrons. The Labute approximate surface area is 166 Å². The molecule has 0 amide bonds. The van der Waals surface area contributed by atoms with E-state index in [9.17, 15) is 0 Å². The molecular weight excluding hydrogens is 398 g/mol. The van der Waals surface area contributed by atoms with Gasteiger partial charge in [-0.25, -0.2) is 4.98 Å². The van der Waals surface area contributed by atoms with Gasteiger partial charge in [0, 0.05) is 34.5 Å². The number of hydrogen-bond acceptors (Lipinski definition) is 2. The van der Waals surface area contributed by atoms with Crippen LogP contribution in [0.1, 0.15) is 16.7 Å². The molecule has 3 nitrogen and oxygen atoms in total.